The molecular weight excluding hydrogens is 106 g/mol. The van der Waals surface area contributed by atoms with Crippen molar-refractivity contribution >= 4 is 22.0 Å². The van der Waals surface area contributed by atoms with Crippen LogP contribution in [0.1, 0.15) is 0 Å². The molecule has 5 heteroatoms. The minimum atomic E-state index is 1.08. The predicted molar refractivity (Wildman–Crippen MR) is 26.7 cm³/mol. The molecule has 0 fully saturated rings. The lowest BCUT2D eigenvalue weighted by Crippen LogP contribution is -2.09. The van der Waals surface area contributed by atoms with E-state index in [2.05, 4.69) is 4.83 Å². The fourth-order valence-corrected chi connectivity index (χ4v) is 0.250. The summed E-state index contributed by atoms with van der Waals surface area (Å²) in [4.78, 5) is 2.27. The Morgan fingerprint density at radius 1 is 1.60 bits per heavy atom. The number of nitrogens with one attached hydrogen (secondary N) is 1. The lowest BCUT2D eigenvalue weighted by atomic mass is 13.0. The van der Waals surface area contributed by atoms with E-state index >= 15 is 0 Å². The molecule has 0 rings (SSSR count). The van der Waals surface area contributed by atoms with E-state index in [0.717, 1.165) is 11.0 Å². The summed E-state index contributed by atoms with van der Waals surface area (Å²) >= 11 is 0. The Hall–Kier alpha value is 0.580. The third kappa shape index (κ3) is 4.58. The Kier molecular flexibility index (Phi) is 5.11. The molecule has 0 aromatic rings. The van der Waals surface area contributed by atoms with E-state index in [4.69, 9.17) is 11.0 Å². The summed E-state index contributed by atoms with van der Waals surface area (Å²) in [6.07, 6.45) is 0. The van der Waals surface area contributed by atoms with Gasteiger partial charge in [-0.2, -0.15) is 4.83 Å². The van der Waals surface area contributed by atoms with Crippen molar-refractivity contribution in [3.8, 4) is 0 Å². The second-order valence-corrected chi connectivity index (χ2v) is 1.97. The van der Waals surface area contributed by atoms with Crippen LogP contribution in [0.2, 0.25) is 0 Å². The van der Waals surface area contributed by atoms with Crippen LogP contribution < -0.4 is 15.8 Å². The van der Waals surface area contributed by atoms with Crippen molar-refractivity contribution in [2.75, 3.05) is 0 Å². The maximum absolute atomic E-state index is 4.88. The van der Waals surface area contributed by atoms with Gasteiger partial charge in [0, 0.05) is 22.0 Å². The van der Waals surface area contributed by atoms with Gasteiger partial charge in [-0.3, -0.25) is 11.0 Å². The minimum absolute atomic E-state index is 1.08. The Morgan fingerprint density at radius 3 is 2.20 bits per heavy atom. The summed E-state index contributed by atoms with van der Waals surface area (Å²) in [5.41, 5.74) is 0. The second kappa shape index (κ2) is 4.58. The van der Waals surface area contributed by atoms with Crippen LogP contribution in [0.5, 0.6) is 0 Å². The molecule has 0 aromatic carbocycles. The Bertz CT molecular complexity index is 12.4. The van der Waals surface area contributed by atoms with E-state index in [9.17, 15) is 0 Å². The van der Waals surface area contributed by atoms with Crippen LogP contribution in [-0.2, 0) is 0 Å². The number of hydrazine groups is 1. The van der Waals surface area contributed by atoms with Gasteiger partial charge < -0.3 is 0 Å². The summed E-state index contributed by atoms with van der Waals surface area (Å²) in [7, 11) is 2.27. The molecule has 32 valence electrons. The molecule has 0 saturated heterocycles. The lowest BCUT2D eigenvalue weighted by Gasteiger charge is -1.83. The zero-order valence-corrected chi connectivity index (χ0v) is 4.10. The quantitative estimate of drug-likeness (QED) is 0.196. The highest BCUT2D eigenvalue weighted by Crippen LogP contribution is 2.02. The van der Waals surface area contributed by atoms with Crippen molar-refractivity contribution in [2.24, 2.45) is 11.0 Å². The van der Waals surface area contributed by atoms with Gasteiger partial charge in [-0.1, -0.05) is 0 Å². The molecule has 0 aromatic heterocycles. The first-order chi connectivity index (χ1) is 2.41. The zero-order chi connectivity index (χ0) is 4.12. The molecule has 0 aliphatic carbocycles. The van der Waals surface area contributed by atoms with Crippen molar-refractivity contribution in [3.63, 3.8) is 0 Å². The van der Waals surface area contributed by atoms with Gasteiger partial charge in [0.15, 0.2) is 0 Å². The highest BCUT2D eigenvalue weighted by molar-refractivity contribution is 8.75. The average molecular weight is 111 g/mol. The topological polar surface area (TPSA) is 64.1 Å². The van der Waals surface area contributed by atoms with Gasteiger partial charge in [0.1, 0.15) is 0 Å². The van der Waals surface area contributed by atoms with Gasteiger partial charge >= 0.3 is 0 Å². The van der Waals surface area contributed by atoms with Crippen LogP contribution in [0.4, 0.5) is 0 Å². The molecule has 0 radical (unpaired) electrons. The third-order valence-corrected chi connectivity index (χ3v) is 0.866. The summed E-state index contributed by atoms with van der Waals surface area (Å²) in [6.45, 7) is 0. The number of hydrogen-bond donors (Lipinski definition) is 3. The van der Waals surface area contributed by atoms with E-state index in [-0.39, 0.29) is 0 Å². The lowest BCUT2D eigenvalue weighted by molar-refractivity contribution is 1.13. The van der Waals surface area contributed by atoms with Crippen LogP contribution in [0, 0.1) is 0 Å². The standard InChI is InChI=1S/H5N3S2/c1-3-5-4-2/h3H,1-2H2. The van der Waals surface area contributed by atoms with Crippen molar-refractivity contribution in [1.82, 2.24) is 4.83 Å². The maximum atomic E-state index is 4.88. The summed E-state index contributed by atoms with van der Waals surface area (Å²) < 4.78 is 0. The first kappa shape index (κ1) is 5.58. The van der Waals surface area contributed by atoms with Crippen LogP contribution >= 0.6 is 22.0 Å². The molecule has 5 heavy (non-hydrogen) atoms. The van der Waals surface area contributed by atoms with Crippen molar-refractivity contribution < 1.29 is 0 Å². The highest BCUT2D eigenvalue weighted by Gasteiger charge is 1.66. The first-order valence-electron chi connectivity index (χ1n) is 0.895. The van der Waals surface area contributed by atoms with Crippen LogP contribution in [-0.4, -0.2) is 0 Å². The highest BCUT2D eigenvalue weighted by atomic mass is 33.1. The molecule has 3 nitrogen and oxygen atoms in total. The van der Waals surface area contributed by atoms with Gasteiger partial charge in [0.05, 0.1) is 0 Å². The molecule has 0 amide bonds. The monoisotopic (exact) mass is 111 g/mol. The normalized spacial score (nSPS) is 8.40. The van der Waals surface area contributed by atoms with E-state index < -0.39 is 0 Å². The molecule has 0 atom stereocenters. The predicted octanol–water partition coefficient (Wildman–Crippen LogP) is -0.380. The Morgan fingerprint density at radius 2 is 2.20 bits per heavy atom. The van der Waals surface area contributed by atoms with E-state index in [0.29, 0.717) is 0 Å². The van der Waals surface area contributed by atoms with Crippen LogP contribution in [0.25, 0.3) is 0 Å². The molecule has 0 spiro atoms. The summed E-state index contributed by atoms with van der Waals surface area (Å²) in [5, 5.41) is 4.88. The Labute approximate surface area is 38.5 Å². The SMILES string of the molecule is NNSSN. The molecular formula is H5N3S2. The molecule has 0 unspecified atom stereocenters. The molecule has 0 aliphatic rings. The van der Waals surface area contributed by atoms with Gasteiger partial charge in [-0.25, -0.2) is 0 Å². The minimum Gasteiger partial charge on any atom is -0.267 e. The van der Waals surface area contributed by atoms with Gasteiger partial charge in [0.2, 0.25) is 0 Å². The first-order valence-corrected chi connectivity index (χ1v) is 3.11. The second-order valence-electron chi connectivity index (χ2n) is 0.297. The molecule has 0 aliphatic heterocycles. The number of hydrogen-bond acceptors (Lipinski definition) is 5. The van der Waals surface area contributed by atoms with E-state index in [1.54, 1.807) is 0 Å². The summed E-state index contributed by atoms with van der Waals surface area (Å²) in [5.74, 6) is 4.75. The van der Waals surface area contributed by atoms with Gasteiger partial charge in [-0.15, -0.1) is 0 Å². The fourth-order valence-electron chi connectivity index (χ4n) is 0.0278. The van der Waals surface area contributed by atoms with Crippen molar-refractivity contribution in [3.05, 3.63) is 0 Å². The van der Waals surface area contributed by atoms with Crippen LogP contribution in [0.3, 0.4) is 0 Å². The van der Waals surface area contributed by atoms with Gasteiger partial charge in [0.25, 0.3) is 0 Å². The maximum Gasteiger partial charge on any atom is 0.0199 e. The average Bonchev–Trinajstić information content (AvgIpc) is 1.41. The molecule has 5 N–H and O–H groups in total. The van der Waals surface area contributed by atoms with Crippen LogP contribution in [0.15, 0.2) is 0 Å². The van der Waals surface area contributed by atoms with Gasteiger partial charge in [-0.05, 0) is 0 Å². The fraction of sp³-hybridized carbons (Fsp3) is 0. The molecule has 0 heterocycles. The molecule has 0 saturated carbocycles. The van der Waals surface area contributed by atoms with Crippen molar-refractivity contribution in [1.29, 1.82) is 0 Å². The summed E-state index contributed by atoms with van der Waals surface area (Å²) in [6, 6.07) is 0. The molecule has 0 bridgehead atoms. The van der Waals surface area contributed by atoms with E-state index in [1.165, 1.54) is 11.0 Å². The van der Waals surface area contributed by atoms with Crippen molar-refractivity contribution in [2.45, 2.75) is 0 Å². The van der Waals surface area contributed by atoms with E-state index in [1.807, 2.05) is 0 Å². The number of nitrogens with two attached hydrogens (primary N) is 2. The Balaban J connectivity index is 2.19. The number of rotatable bonds is 2. The zero-order valence-electron chi connectivity index (χ0n) is 2.47. The third-order valence-electron chi connectivity index (χ3n) is 0.0962. The smallest absolute Gasteiger partial charge is 0.0199 e. The largest absolute Gasteiger partial charge is 0.267 e.